The summed E-state index contributed by atoms with van der Waals surface area (Å²) in [6.07, 6.45) is 1.89. The first kappa shape index (κ1) is 11.5. The van der Waals surface area contributed by atoms with Gasteiger partial charge in [0.1, 0.15) is 5.15 Å². The number of halogens is 1. The van der Waals surface area contributed by atoms with E-state index in [1.807, 2.05) is 12.3 Å². The standard InChI is InChI=1S/C13H18ClN3/c1-9-12-6-15-5-11(12)8-17(9)7-10-2-3-13(14)16-4-10/h2-4,9,11-12,15H,5-8H2,1H3. The second kappa shape index (κ2) is 4.56. The molecule has 0 aromatic carbocycles. The highest BCUT2D eigenvalue weighted by molar-refractivity contribution is 6.29. The Labute approximate surface area is 107 Å². The Hall–Kier alpha value is -0.640. The van der Waals surface area contributed by atoms with Crippen LogP contribution in [-0.2, 0) is 6.54 Å². The van der Waals surface area contributed by atoms with E-state index in [0.717, 1.165) is 18.4 Å². The second-order valence-corrected chi connectivity index (χ2v) is 5.63. The van der Waals surface area contributed by atoms with E-state index in [1.54, 1.807) is 0 Å². The van der Waals surface area contributed by atoms with Crippen molar-refractivity contribution < 1.29 is 0 Å². The highest BCUT2D eigenvalue weighted by Gasteiger charge is 2.41. The van der Waals surface area contributed by atoms with Gasteiger partial charge in [-0.3, -0.25) is 4.90 Å². The first-order valence-electron chi connectivity index (χ1n) is 6.29. The van der Waals surface area contributed by atoms with Gasteiger partial charge in [-0.15, -0.1) is 0 Å². The summed E-state index contributed by atoms with van der Waals surface area (Å²) >= 11 is 5.80. The van der Waals surface area contributed by atoms with Gasteiger partial charge in [-0.2, -0.15) is 0 Å². The van der Waals surface area contributed by atoms with Crippen LogP contribution in [0.4, 0.5) is 0 Å². The predicted octanol–water partition coefficient (Wildman–Crippen LogP) is 1.77. The number of nitrogens with zero attached hydrogens (tertiary/aromatic N) is 2. The fourth-order valence-electron chi connectivity index (χ4n) is 3.20. The molecular formula is C13H18ClN3. The maximum absolute atomic E-state index is 5.80. The summed E-state index contributed by atoms with van der Waals surface area (Å²) < 4.78 is 0. The summed E-state index contributed by atoms with van der Waals surface area (Å²) in [6, 6.07) is 4.62. The maximum Gasteiger partial charge on any atom is 0.129 e. The van der Waals surface area contributed by atoms with Crippen molar-refractivity contribution in [3.8, 4) is 0 Å². The highest BCUT2D eigenvalue weighted by Crippen LogP contribution is 2.33. The van der Waals surface area contributed by atoms with E-state index in [2.05, 4.69) is 28.2 Å². The monoisotopic (exact) mass is 251 g/mol. The van der Waals surface area contributed by atoms with Gasteiger partial charge in [0.05, 0.1) is 0 Å². The summed E-state index contributed by atoms with van der Waals surface area (Å²) in [5.74, 6) is 1.67. The maximum atomic E-state index is 5.80. The van der Waals surface area contributed by atoms with Crippen molar-refractivity contribution >= 4 is 11.6 Å². The summed E-state index contributed by atoms with van der Waals surface area (Å²) in [7, 11) is 0. The molecule has 1 aromatic rings. The Balaban J connectivity index is 1.68. The molecule has 0 aliphatic carbocycles. The average molecular weight is 252 g/mol. The van der Waals surface area contributed by atoms with Crippen LogP contribution in [0.2, 0.25) is 5.15 Å². The number of nitrogens with one attached hydrogen (secondary N) is 1. The Morgan fingerprint density at radius 3 is 3.06 bits per heavy atom. The van der Waals surface area contributed by atoms with Crippen LogP contribution in [0, 0.1) is 11.8 Å². The molecule has 1 aromatic heterocycles. The Bertz CT molecular complexity index is 392. The molecule has 3 heterocycles. The van der Waals surface area contributed by atoms with Gasteiger partial charge in [-0.1, -0.05) is 17.7 Å². The molecule has 3 rings (SSSR count). The van der Waals surface area contributed by atoms with Crippen molar-refractivity contribution in [3.63, 3.8) is 0 Å². The minimum absolute atomic E-state index is 0.573. The molecular weight excluding hydrogens is 234 g/mol. The Morgan fingerprint density at radius 2 is 2.35 bits per heavy atom. The number of fused-ring (bicyclic) bond motifs is 1. The van der Waals surface area contributed by atoms with E-state index in [9.17, 15) is 0 Å². The van der Waals surface area contributed by atoms with Crippen molar-refractivity contribution in [2.75, 3.05) is 19.6 Å². The minimum atomic E-state index is 0.573. The third-order valence-electron chi connectivity index (χ3n) is 4.23. The predicted molar refractivity (Wildman–Crippen MR) is 69.0 cm³/mol. The van der Waals surface area contributed by atoms with Crippen LogP contribution >= 0.6 is 11.6 Å². The summed E-state index contributed by atoms with van der Waals surface area (Å²) in [6.45, 7) is 6.92. The van der Waals surface area contributed by atoms with Crippen LogP contribution in [0.3, 0.4) is 0 Å². The molecule has 3 unspecified atom stereocenters. The van der Waals surface area contributed by atoms with Crippen LogP contribution in [0.25, 0.3) is 0 Å². The van der Waals surface area contributed by atoms with Gasteiger partial charge in [0.2, 0.25) is 0 Å². The van der Waals surface area contributed by atoms with E-state index in [4.69, 9.17) is 11.6 Å². The lowest BCUT2D eigenvalue weighted by Gasteiger charge is -2.24. The number of aromatic nitrogens is 1. The van der Waals surface area contributed by atoms with Gasteiger partial charge in [-0.25, -0.2) is 4.98 Å². The lowest BCUT2D eigenvalue weighted by Crippen LogP contribution is -2.32. The van der Waals surface area contributed by atoms with Crippen molar-refractivity contribution in [2.24, 2.45) is 11.8 Å². The quantitative estimate of drug-likeness (QED) is 0.813. The zero-order chi connectivity index (χ0) is 11.8. The normalized spacial score (nSPS) is 32.9. The molecule has 2 saturated heterocycles. The van der Waals surface area contributed by atoms with E-state index in [-0.39, 0.29) is 0 Å². The first-order valence-corrected chi connectivity index (χ1v) is 6.67. The van der Waals surface area contributed by atoms with E-state index in [0.29, 0.717) is 11.2 Å². The summed E-state index contributed by atoms with van der Waals surface area (Å²) in [5, 5.41) is 4.06. The van der Waals surface area contributed by atoms with Crippen LogP contribution < -0.4 is 5.32 Å². The molecule has 0 radical (unpaired) electrons. The number of hydrogen-bond donors (Lipinski definition) is 1. The SMILES string of the molecule is CC1C2CNCC2CN1Cc1ccc(Cl)nc1. The Kier molecular flexibility index (Phi) is 3.07. The Morgan fingerprint density at radius 1 is 1.47 bits per heavy atom. The molecule has 1 N–H and O–H groups in total. The van der Waals surface area contributed by atoms with Crippen molar-refractivity contribution in [1.82, 2.24) is 15.2 Å². The van der Waals surface area contributed by atoms with Gasteiger partial charge in [-0.05, 0) is 43.5 Å². The van der Waals surface area contributed by atoms with Gasteiger partial charge in [0.15, 0.2) is 0 Å². The van der Waals surface area contributed by atoms with Crippen LogP contribution in [0.15, 0.2) is 18.3 Å². The van der Waals surface area contributed by atoms with Crippen molar-refractivity contribution in [1.29, 1.82) is 0 Å². The molecule has 0 amide bonds. The molecule has 2 fully saturated rings. The van der Waals surface area contributed by atoms with E-state index in [1.165, 1.54) is 25.2 Å². The number of rotatable bonds is 2. The second-order valence-electron chi connectivity index (χ2n) is 5.24. The number of hydrogen-bond acceptors (Lipinski definition) is 3. The van der Waals surface area contributed by atoms with Crippen molar-refractivity contribution in [2.45, 2.75) is 19.5 Å². The smallest absolute Gasteiger partial charge is 0.129 e. The number of pyridine rings is 1. The molecule has 3 atom stereocenters. The summed E-state index contributed by atoms with van der Waals surface area (Å²) in [4.78, 5) is 6.72. The first-order chi connectivity index (χ1) is 8.24. The van der Waals surface area contributed by atoms with Gasteiger partial charge in [0.25, 0.3) is 0 Å². The topological polar surface area (TPSA) is 28.2 Å². The molecule has 0 spiro atoms. The molecule has 0 saturated carbocycles. The van der Waals surface area contributed by atoms with Crippen molar-refractivity contribution in [3.05, 3.63) is 29.0 Å². The molecule has 0 bridgehead atoms. The molecule has 3 nitrogen and oxygen atoms in total. The van der Waals surface area contributed by atoms with Crippen LogP contribution in [0.1, 0.15) is 12.5 Å². The van der Waals surface area contributed by atoms with E-state index >= 15 is 0 Å². The van der Waals surface area contributed by atoms with E-state index < -0.39 is 0 Å². The third-order valence-corrected chi connectivity index (χ3v) is 4.45. The molecule has 2 aliphatic heterocycles. The third kappa shape index (κ3) is 2.19. The lowest BCUT2D eigenvalue weighted by molar-refractivity contribution is 0.231. The molecule has 4 heteroatoms. The van der Waals surface area contributed by atoms with Gasteiger partial charge >= 0.3 is 0 Å². The van der Waals surface area contributed by atoms with Crippen LogP contribution in [0.5, 0.6) is 0 Å². The van der Waals surface area contributed by atoms with Gasteiger partial charge in [0, 0.05) is 25.3 Å². The fourth-order valence-corrected chi connectivity index (χ4v) is 3.31. The molecule has 17 heavy (non-hydrogen) atoms. The zero-order valence-corrected chi connectivity index (χ0v) is 10.8. The molecule has 2 aliphatic rings. The largest absolute Gasteiger partial charge is 0.316 e. The molecule has 92 valence electrons. The zero-order valence-electron chi connectivity index (χ0n) is 10.1. The average Bonchev–Trinajstić information content (AvgIpc) is 2.87. The highest BCUT2D eigenvalue weighted by atomic mass is 35.5. The summed E-state index contributed by atoms with van der Waals surface area (Å²) in [5.41, 5.74) is 1.26. The fraction of sp³-hybridized carbons (Fsp3) is 0.615. The lowest BCUT2D eigenvalue weighted by atomic mass is 9.95. The van der Waals surface area contributed by atoms with Crippen LogP contribution in [-0.4, -0.2) is 35.6 Å². The minimum Gasteiger partial charge on any atom is -0.316 e. The number of likely N-dealkylation sites (tertiary alicyclic amines) is 1. The van der Waals surface area contributed by atoms with Gasteiger partial charge < -0.3 is 5.32 Å².